The maximum Gasteiger partial charge on any atom is 0.338 e. The second-order valence-corrected chi connectivity index (χ2v) is 3.82. The van der Waals surface area contributed by atoms with E-state index in [9.17, 15) is 9.59 Å². The Morgan fingerprint density at radius 1 is 1.24 bits per heavy atom. The number of aromatic nitrogens is 2. The predicted octanol–water partition coefficient (Wildman–Crippen LogP) is 1.05. The molecule has 17 heavy (non-hydrogen) atoms. The maximum absolute atomic E-state index is 11.7. The molecule has 0 aliphatic rings. The highest BCUT2D eigenvalue weighted by molar-refractivity contribution is 5.93. The maximum atomic E-state index is 11.7. The second-order valence-electron chi connectivity index (χ2n) is 3.82. The van der Waals surface area contributed by atoms with Crippen molar-refractivity contribution < 1.29 is 9.53 Å². The molecule has 0 bridgehead atoms. The van der Waals surface area contributed by atoms with Crippen molar-refractivity contribution >= 4 is 17.0 Å². The third-order valence-electron chi connectivity index (χ3n) is 2.78. The van der Waals surface area contributed by atoms with Crippen molar-refractivity contribution in [2.45, 2.75) is 6.92 Å². The highest BCUT2D eigenvalue weighted by Gasteiger charge is 2.12. The number of fused-ring (bicyclic) bond motifs is 1. The first-order valence-electron chi connectivity index (χ1n) is 5.39. The van der Waals surface area contributed by atoms with Crippen LogP contribution in [0, 0.1) is 0 Å². The topological polar surface area (TPSA) is 53.2 Å². The van der Waals surface area contributed by atoms with Gasteiger partial charge in [-0.3, -0.25) is 9.13 Å². The molecule has 0 saturated carbocycles. The lowest BCUT2D eigenvalue weighted by atomic mass is 10.2. The number of hydrogen-bond acceptors (Lipinski definition) is 3. The third kappa shape index (κ3) is 1.73. The number of rotatable bonds is 2. The van der Waals surface area contributed by atoms with Crippen LogP contribution in [0.2, 0.25) is 0 Å². The van der Waals surface area contributed by atoms with Gasteiger partial charge >= 0.3 is 11.7 Å². The lowest BCUT2D eigenvalue weighted by molar-refractivity contribution is 0.0526. The number of esters is 1. The molecule has 0 aliphatic heterocycles. The van der Waals surface area contributed by atoms with Gasteiger partial charge < -0.3 is 4.74 Å². The van der Waals surface area contributed by atoms with E-state index in [0.29, 0.717) is 12.2 Å². The molecule has 5 nitrogen and oxygen atoms in total. The number of imidazole rings is 1. The van der Waals surface area contributed by atoms with Crippen molar-refractivity contribution in [1.82, 2.24) is 9.13 Å². The van der Waals surface area contributed by atoms with Gasteiger partial charge in [-0.2, -0.15) is 0 Å². The summed E-state index contributed by atoms with van der Waals surface area (Å²) in [6, 6.07) is 5.09. The molecule has 1 aromatic carbocycles. The minimum atomic E-state index is -0.370. The van der Waals surface area contributed by atoms with Crippen LogP contribution in [0.4, 0.5) is 0 Å². The van der Waals surface area contributed by atoms with Crippen molar-refractivity contribution in [3.63, 3.8) is 0 Å². The molecule has 0 atom stereocenters. The molecule has 0 unspecified atom stereocenters. The van der Waals surface area contributed by atoms with Crippen molar-refractivity contribution in [2.24, 2.45) is 14.1 Å². The Balaban J connectivity index is 2.62. The molecule has 0 spiro atoms. The van der Waals surface area contributed by atoms with Crippen molar-refractivity contribution in [3.05, 3.63) is 34.2 Å². The Labute approximate surface area is 98.2 Å². The SMILES string of the molecule is CCOC(=O)c1ccc2c(c1)n(C)c(=O)n2C. The second kappa shape index (κ2) is 4.08. The zero-order valence-electron chi connectivity index (χ0n) is 10.1. The van der Waals surface area contributed by atoms with E-state index < -0.39 is 0 Å². The molecule has 0 saturated heterocycles. The highest BCUT2D eigenvalue weighted by atomic mass is 16.5. The van der Waals surface area contributed by atoms with Crippen LogP contribution in [0.25, 0.3) is 11.0 Å². The summed E-state index contributed by atoms with van der Waals surface area (Å²) >= 11 is 0. The third-order valence-corrected chi connectivity index (χ3v) is 2.78. The fourth-order valence-electron chi connectivity index (χ4n) is 1.85. The Bertz CT molecular complexity index is 637. The summed E-state index contributed by atoms with van der Waals surface area (Å²) in [5, 5.41) is 0. The number of hydrogen-bond donors (Lipinski definition) is 0. The van der Waals surface area contributed by atoms with Crippen LogP contribution in [0.1, 0.15) is 17.3 Å². The molecule has 0 aliphatic carbocycles. The number of aryl methyl sites for hydroxylation is 2. The van der Waals surface area contributed by atoms with Gasteiger partial charge in [0, 0.05) is 14.1 Å². The molecule has 2 aromatic rings. The number of nitrogens with zero attached hydrogens (tertiary/aromatic N) is 2. The van der Waals surface area contributed by atoms with Crippen LogP contribution in [-0.4, -0.2) is 21.7 Å². The van der Waals surface area contributed by atoms with Gasteiger partial charge in [-0.25, -0.2) is 9.59 Å². The van der Waals surface area contributed by atoms with Gasteiger partial charge in [0.2, 0.25) is 0 Å². The van der Waals surface area contributed by atoms with Gasteiger partial charge in [-0.1, -0.05) is 0 Å². The van der Waals surface area contributed by atoms with Crippen LogP contribution in [0.15, 0.2) is 23.0 Å². The Hall–Kier alpha value is -2.04. The minimum Gasteiger partial charge on any atom is -0.462 e. The van der Waals surface area contributed by atoms with Crippen LogP contribution in [0.3, 0.4) is 0 Å². The zero-order valence-corrected chi connectivity index (χ0v) is 10.1. The number of carbonyl (C=O) groups is 1. The summed E-state index contributed by atoms with van der Waals surface area (Å²) in [6.07, 6.45) is 0. The van der Waals surface area contributed by atoms with E-state index in [1.165, 1.54) is 4.57 Å². The Kier molecular flexibility index (Phi) is 2.75. The molecular weight excluding hydrogens is 220 g/mol. The molecular formula is C12H14N2O3. The predicted molar refractivity (Wildman–Crippen MR) is 64.1 cm³/mol. The van der Waals surface area contributed by atoms with Gasteiger partial charge in [-0.05, 0) is 25.1 Å². The van der Waals surface area contributed by atoms with E-state index in [1.54, 1.807) is 43.8 Å². The van der Waals surface area contributed by atoms with Gasteiger partial charge in [0.05, 0.1) is 23.2 Å². The zero-order chi connectivity index (χ0) is 12.6. The summed E-state index contributed by atoms with van der Waals surface area (Å²) < 4.78 is 7.98. The standard InChI is InChI=1S/C12H14N2O3/c1-4-17-11(15)8-5-6-9-10(7-8)14(3)12(16)13(9)2/h5-7H,4H2,1-3H3. The fraction of sp³-hybridized carbons (Fsp3) is 0.333. The average molecular weight is 234 g/mol. The molecule has 0 amide bonds. The molecule has 1 aromatic heterocycles. The van der Waals surface area contributed by atoms with Crippen molar-refractivity contribution in [3.8, 4) is 0 Å². The van der Waals surface area contributed by atoms with Crippen LogP contribution in [-0.2, 0) is 18.8 Å². The van der Waals surface area contributed by atoms with E-state index in [4.69, 9.17) is 4.74 Å². The smallest absolute Gasteiger partial charge is 0.338 e. The summed E-state index contributed by atoms with van der Waals surface area (Å²) in [5.41, 5.74) is 1.87. The van der Waals surface area contributed by atoms with Gasteiger partial charge in [0.25, 0.3) is 0 Å². The Morgan fingerprint density at radius 3 is 2.53 bits per heavy atom. The number of benzene rings is 1. The summed E-state index contributed by atoms with van der Waals surface area (Å²) in [5.74, 6) is -0.370. The average Bonchev–Trinajstić information content (AvgIpc) is 2.55. The molecule has 90 valence electrons. The first-order chi connectivity index (χ1) is 8.06. The number of carbonyl (C=O) groups excluding carboxylic acids is 1. The minimum absolute atomic E-state index is 0.110. The van der Waals surface area contributed by atoms with E-state index in [-0.39, 0.29) is 11.7 Å². The largest absolute Gasteiger partial charge is 0.462 e. The van der Waals surface area contributed by atoms with Crippen LogP contribution >= 0.6 is 0 Å². The van der Waals surface area contributed by atoms with E-state index in [2.05, 4.69) is 0 Å². The molecule has 5 heteroatoms. The highest BCUT2D eigenvalue weighted by Crippen LogP contribution is 2.14. The van der Waals surface area contributed by atoms with Crippen LogP contribution in [0.5, 0.6) is 0 Å². The summed E-state index contributed by atoms with van der Waals surface area (Å²) in [7, 11) is 3.38. The molecule has 0 fully saturated rings. The molecule has 1 heterocycles. The summed E-state index contributed by atoms with van der Waals surface area (Å²) in [4.78, 5) is 23.3. The Morgan fingerprint density at radius 2 is 1.88 bits per heavy atom. The quantitative estimate of drug-likeness (QED) is 0.730. The number of ether oxygens (including phenoxy) is 1. The van der Waals surface area contributed by atoms with Crippen molar-refractivity contribution in [1.29, 1.82) is 0 Å². The first kappa shape index (κ1) is 11.4. The lowest BCUT2D eigenvalue weighted by Crippen LogP contribution is -2.19. The van der Waals surface area contributed by atoms with Crippen LogP contribution < -0.4 is 5.69 Å². The fourth-order valence-corrected chi connectivity index (χ4v) is 1.85. The summed E-state index contributed by atoms with van der Waals surface area (Å²) in [6.45, 7) is 2.10. The van der Waals surface area contributed by atoms with Gasteiger partial charge in [0.15, 0.2) is 0 Å². The monoisotopic (exact) mass is 234 g/mol. The normalized spacial score (nSPS) is 10.8. The van der Waals surface area contributed by atoms with Crippen molar-refractivity contribution in [2.75, 3.05) is 6.61 Å². The first-order valence-corrected chi connectivity index (χ1v) is 5.39. The molecule has 2 rings (SSSR count). The van der Waals surface area contributed by atoms with E-state index >= 15 is 0 Å². The lowest BCUT2D eigenvalue weighted by Gasteiger charge is -2.02. The van der Waals surface area contributed by atoms with Gasteiger partial charge in [-0.15, -0.1) is 0 Å². The van der Waals surface area contributed by atoms with Gasteiger partial charge in [0.1, 0.15) is 0 Å². The van der Waals surface area contributed by atoms with E-state index in [0.717, 1.165) is 11.0 Å². The van der Waals surface area contributed by atoms with E-state index in [1.807, 2.05) is 0 Å². The molecule has 0 radical (unpaired) electrons. The molecule has 0 N–H and O–H groups in total.